The van der Waals surface area contributed by atoms with Gasteiger partial charge in [0.1, 0.15) is 6.61 Å². The van der Waals surface area contributed by atoms with Crippen LogP contribution in [0.1, 0.15) is 28.3 Å². The van der Waals surface area contributed by atoms with Crippen LogP contribution >= 0.6 is 11.6 Å². The van der Waals surface area contributed by atoms with Crippen molar-refractivity contribution in [1.82, 2.24) is 24.3 Å². The highest BCUT2D eigenvalue weighted by molar-refractivity contribution is 6.31. The molecule has 3 heterocycles. The molecule has 0 spiro atoms. The maximum absolute atomic E-state index is 6.31. The van der Waals surface area contributed by atoms with E-state index in [-0.39, 0.29) is 0 Å². The summed E-state index contributed by atoms with van der Waals surface area (Å²) >= 11 is 6.31. The molecule has 0 bridgehead atoms. The summed E-state index contributed by atoms with van der Waals surface area (Å²) in [7, 11) is 1.65. The quantitative estimate of drug-likeness (QED) is 0.397. The number of methoxy groups -OCH3 is 1. The summed E-state index contributed by atoms with van der Waals surface area (Å²) in [6, 6.07) is 14.0. The summed E-state index contributed by atoms with van der Waals surface area (Å²) < 4.78 is 15.5. The number of halogens is 1. The molecule has 8 heteroatoms. The Kier molecular flexibility index (Phi) is 5.31. The van der Waals surface area contributed by atoms with Crippen molar-refractivity contribution in [1.29, 1.82) is 0 Å². The van der Waals surface area contributed by atoms with E-state index >= 15 is 0 Å². The number of imidazole rings is 1. The van der Waals surface area contributed by atoms with Gasteiger partial charge in [-0.05, 0) is 36.2 Å². The van der Waals surface area contributed by atoms with Crippen LogP contribution in [0.4, 0.5) is 0 Å². The number of hydrogen-bond acceptors (Lipinski definition) is 5. The number of aryl methyl sites for hydroxylation is 1. The number of rotatable bonds is 6. The fourth-order valence-corrected chi connectivity index (χ4v) is 4.09. The molecule has 0 amide bonds. The molecule has 0 aliphatic carbocycles. The zero-order chi connectivity index (χ0) is 21.4. The molecule has 7 nitrogen and oxygen atoms in total. The summed E-state index contributed by atoms with van der Waals surface area (Å²) in [4.78, 5) is 4.67. The highest BCUT2D eigenvalue weighted by Crippen LogP contribution is 2.34. The predicted octanol–water partition coefficient (Wildman–Crippen LogP) is 4.32. The number of fused-ring (bicyclic) bond motifs is 5. The van der Waals surface area contributed by atoms with E-state index in [9.17, 15) is 0 Å². The Hall–Kier alpha value is -3.00. The second-order valence-corrected chi connectivity index (χ2v) is 7.98. The van der Waals surface area contributed by atoms with Crippen LogP contribution in [-0.2, 0) is 35.8 Å². The van der Waals surface area contributed by atoms with Crippen LogP contribution in [0.15, 0.2) is 48.8 Å². The smallest absolute Gasteiger partial charge is 0.166 e. The number of aromatic nitrogens is 5. The number of benzene rings is 2. The predicted molar refractivity (Wildman–Crippen MR) is 117 cm³/mol. The van der Waals surface area contributed by atoms with Crippen molar-refractivity contribution < 1.29 is 9.47 Å². The highest BCUT2D eigenvalue weighted by Gasteiger charge is 2.26. The summed E-state index contributed by atoms with van der Waals surface area (Å²) in [5.74, 6) is 1.52. The van der Waals surface area contributed by atoms with Gasteiger partial charge in [0.25, 0.3) is 0 Å². The molecule has 0 fully saturated rings. The molecule has 1 aliphatic rings. The second kappa shape index (κ2) is 8.26. The van der Waals surface area contributed by atoms with Crippen LogP contribution in [0.25, 0.3) is 17.1 Å². The molecule has 2 aromatic carbocycles. The SMILES string of the molecule is COCc1nnc2n1Cc1c(COCc3ccccc3C)ncn1-c1ccc(Cl)cc1-2. The fraction of sp³-hybridized carbons (Fsp3) is 0.261. The molecule has 5 rings (SSSR count). The van der Waals surface area contributed by atoms with Crippen LogP contribution in [0, 0.1) is 6.92 Å². The minimum absolute atomic E-state index is 0.371. The van der Waals surface area contributed by atoms with Gasteiger partial charge in [0.15, 0.2) is 11.6 Å². The minimum atomic E-state index is 0.371. The van der Waals surface area contributed by atoms with Crippen LogP contribution in [-0.4, -0.2) is 31.4 Å². The average Bonchev–Trinajstić information content (AvgIpc) is 3.31. The Labute approximate surface area is 185 Å². The Morgan fingerprint density at radius 3 is 2.77 bits per heavy atom. The molecule has 0 atom stereocenters. The van der Waals surface area contributed by atoms with Crippen LogP contribution in [0.2, 0.25) is 5.02 Å². The molecule has 0 radical (unpaired) electrons. The van der Waals surface area contributed by atoms with E-state index in [1.54, 1.807) is 7.11 Å². The zero-order valence-corrected chi connectivity index (χ0v) is 18.1. The van der Waals surface area contributed by atoms with E-state index in [1.807, 2.05) is 36.7 Å². The van der Waals surface area contributed by atoms with Crippen LogP contribution < -0.4 is 0 Å². The Balaban J connectivity index is 1.51. The molecule has 0 saturated carbocycles. The molecule has 2 aromatic heterocycles. The van der Waals surface area contributed by atoms with Gasteiger partial charge in [0, 0.05) is 17.7 Å². The summed E-state index contributed by atoms with van der Waals surface area (Å²) in [5, 5.41) is 9.42. The Bertz CT molecular complexity index is 1250. The lowest BCUT2D eigenvalue weighted by Gasteiger charge is -2.11. The maximum atomic E-state index is 6.31. The first-order valence-electron chi connectivity index (χ1n) is 10.0. The minimum Gasteiger partial charge on any atom is -0.377 e. The van der Waals surface area contributed by atoms with Gasteiger partial charge in [0.05, 0.1) is 43.2 Å². The lowest BCUT2D eigenvalue weighted by atomic mass is 10.1. The molecule has 0 saturated heterocycles. The van der Waals surface area contributed by atoms with E-state index in [1.165, 1.54) is 11.1 Å². The lowest BCUT2D eigenvalue weighted by Crippen LogP contribution is -2.10. The topological polar surface area (TPSA) is 67.0 Å². The molecule has 31 heavy (non-hydrogen) atoms. The van der Waals surface area contributed by atoms with Gasteiger partial charge in [-0.3, -0.25) is 0 Å². The van der Waals surface area contributed by atoms with Crippen molar-refractivity contribution in [2.24, 2.45) is 0 Å². The van der Waals surface area contributed by atoms with Gasteiger partial charge in [-0.2, -0.15) is 0 Å². The summed E-state index contributed by atoms with van der Waals surface area (Å²) in [5.41, 5.74) is 6.19. The first kappa shape index (κ1) is 19.9. The van der Waals surface area contributed by atoms with Gasteiger partial charge in [-0.15, -0.1) is 10.2 Å². The second-order valence-electron chi connectivity index (χ2n) is 7.55. The van der Waals surface area contributed by atoms with E-state index in [0.717, 1.165) is 34.3 Å². The third-order valence-corrected chi connectivity index (χ3v) is 5.81. The molecule has 158 valence electrons. The molecule has 0 unspecified atom stereocenters. The third kappa shape index (κ3) is 3.65. The molecular formula is C23H22ClN5O2. The third-order valence-electron chi connectivity index (χ3n) is 5.58. The highest BCUT2D eigenvalue weighted by atomic mass is 35.5. The number of ether oxygens (including phenoxy) is 2. The summed E-state index contributed by atoms with van der Waals surface area (Å²) in [6.07, 6.45) is 1.84. The van der Waals surface area contributed by atoms with Crippen LogP contribution in [0.5, 0.6) is 0 Å². The van der Waals surface area contributed by atoms with Gasteiger partial charge in [0.2, 0.25) is 0 Å². The Morgan fingerprint density at radius 2 is 1.94 bits per heavy atom. The van der Waals surface area contributed by atoms with Crippen molar-refractivity contribution in [2.45, 2.75) is 33.3 Å². The monoisotopic (exact) mass is 435 g/mol. The first-order valence-corrected chi connectivity index (χ1v) is 10.4. The van der Waals surface area contributed by atoms with Crippen molar-refractivity contribution >= 4 is 11.6 Å². The molecule has 1 aliphatic heterocycles. The lowest BCUT2D eigenvalue weighted by molar-refractivity contribution is 0.104. The van der Waals surface area contributed by atoms with Crippen molar-refractivity contribution in [2.75, 3.05) is 7.11 Å². The first-order chi connectivity index (χ1) is 15.2. The van der Waals surface area contributed by atoms with E-state index in [2.05, 4.69) is 43.4 Å². The summed E-state index contributed by atoms with van der Waals surface area (Å²) in [6.45, 7) is 3.98. The van der Waals surface area contributed by atoms with E-state index < -0.39 is 0 Å². The maximum Gasteiger partial charge on any atom is 0.166 e. The number of nitrogens with zero attached hydrogens (tertiary/aromatic N) is 5. The van der Waals surface area contributed by atoms with Crippen molar-refractivity contribution in [3.63, 3.8) is 0 Å². The van der Waals surface area contributed by atoms with E-state index in [0.29, 0.717) is 31.4 Å². The normalized spacial score (nSPS) is 12.2. The van der Waals surface area contributed by atoms with Gasteiger partial charge >= 0.3 is 0 Å². The number of hydrogen-bond donors (Lipinski definition) is 0. The molecule has 0 N–H and O–H groups in total. The van der Waals surface area contributed by atoms with Crippen molar-refractivity contribution in [3.8, 4) is 17.1 Å². The van der Waals surface area contributed by atoms with Gasteiger partial charge in [-0.25, -0.2) is 4.98 Å². The van der Waals surface area contributed by atoms with Crippen molar-refractivity contribution in [3.05, 3.63) is 82.2 Å². The van der Waals surface area contributed by atoms with Crippen LogP contribution in [0.3, 0.4) is 0 Å². The van der Waals surface area contributed by atoms with Gasteiger partial charge < -0.3 is 18.6 Å². The van der Waals surface area contributed by atoms with E-state index in [4.69, 9.17) is 21.1 Å². The molecule has 4 aromatic rings. The average molecular weight is 436 g/mol. The van der Waals surface area contributed by atoms with Gasteiger partial charge in [-0.1, -0.05) is 35.9 Å². The standard InChI is InChI=1S/C23H22ClN5O2/c1-15-5-3-4-6-16(15)11-31-12-19-21-10-28-22(13-30-2)26-27-23(28)18-9-17(24)7-8-20(18)29(21)14-25-19/h3-9,14H,10-13H2,1-2H3. The Morgan fingerprint density at radius 1 is 1.06 bits per heavy atom. The largest absolute Gasteiger partial charge is 0.377 e. The fourth-order valence-electron chi connectivity index (χ4n) is 3.92. The zero-order valence-electron chi connectivity index (χ0n) is 17.4. The molecular weight excluding hydrogens is 414 g/mol.